The number of nitrogens with two attached hydrogens (primary N) is 1. The van der Waals surface area contributed by atoms with Gasteiger partial charge in [-0.15, -0.1) is 0 Å². The number of hydrogen-bond donors (Lipinski definition) is 1. The van der Waals surface area contributed by atoms with Crippen LogP contribution in [0.1, 0.15) is 41.6 Å². The molecule has 0 radical (unpaired) electrons. The molecule has 2 aromatic carbocycles. The average molecular weight is 400 g/mol. The van der Waals surface area contributed by atoms with Crippen LogP contribution in [0.2, 0.25) is 0 Å². The molecule has 4 rings (SSSR count). The van der Waals surface area contributed by atoms with Crippen LogP contribution in [0.25, 0.3) is 0 Å². The monoisotopic (exact) mass is 399 g/mol. The van der Waals surface area contributed by atoms with Gasteiger partial charge in [0.15, 0.2) is 0 Å². The quantitative estimate of drug-likeness (QED) is 0.804. The van der Waals surface area contributed by atoms with Gasteiger partial charge in [0.1, 0.15) is 0 Å². The Bertz CT molecular complexity index is 980. The lowest BCUT2D eigenvalue weighted by Crippen LogP contribution is -2.36. The second kappa shape index (κ2) is 7.56. The van der Waals surface area contributed by atoms with Crippen molar-refractivity contribution in [3.05, 3.63) is 53.6 Å². The summed E-state index contributed by atoms with van der Waals surface area (Å²) in [4.78, 5) is 15.0. The van der Waals surface area contributed by atoms with E-state index in [9.17, 15) is 13.2 Å². The van der Waals surface area contributed by atoms with Crippen molar-refractivity contribution >= 4 is 27.3 Å². The number of nitrogens with zero attached hydrogens (tertiary/aromatic N) is 2. The maximum atomic E-state index is 13.1. The number of nitrogen functional groups attached to an aromatic ring is 1. The van der Waals surface area contributed by atoms with Gasteiger partial charge in [0.05, 0.1) is 4.90 Å². The van der Waals surface area contributed by atoms with Crippen molar-refractivity contribution in [2.45, 2.75) is 37.0 Å². The van der Waals surface area contributed by atoms with Crippen LogP contribution in [0.3, 0.4) is 0 Å². The number of rotatable bonds is 3. The number of amides is 1. The molecule has 2 aromatic rings. The summed E-state index contributed by atoms with van der Waals surface area (Å²) in [5, 5.41) is 0. The van der Waals surface area contributed by atoms with E-state index >= 15 is 0 Å². The molecule has 148 valence electrons. The lowest BCUT2D eigenvalue weighted by molar-refractivity contribution is 0.0985. The van der Waals surface area contributed by atoms with Gasteiger partial charge >= 0.3 is 0 Å². The predicted molar refractivity (Wildman–Crippen MR) is 110 cm³/mol. The first-order valence-electron chi connectivity index (χ1n) is 9.78. The Morgan fingerprint density at radius 2 is 1.61 bits per heavy atom. The summed E-state index contributed by atoms with van der Waals surface area (Å²) in [6, 6.07) is 11.9. The molecule has 2 heterocycles. The van der Waals surface area contributed by atoms with Crippen molar-refractivity contribution < 1.29 is 13.2 Å². The highest BCUT2D eigenvalue weighted by Crippen LogP contribution is 2.32. The van der Waals surface area contributed by atoms with Crippen LogP contribution in [0, 0.1) is 0 Å². The normalized spacial score (nSPS) is 17.9. The highest BCUT2D eigenvalue weighted by molar-refractivity contribution is 7.89. The SMILES string of the molecule is Nc1cccc2c1CCCN2C(=O)c1ccc(S(=O)(=O)N2CCCCC2)cc1. The van der Waals surface area contributed by atoms with Crippen molar-refractivity contribution in [2.24, 2.45) is 0 Å². The van der Waals surface area contributed by atoms with Gasteiger partial charge in [0.2, 0.25) is 10.0 Å². The Morgan fingerprint density at radius 3 is 2.32 bits per heavy atom. The van der Waals surface area contributed by atoms with Gasteiger partial charge in [-0.05, 0) is 67.6 Å². The fraction of sp³-hybridized carbons (Fsp3) is 0.381. The van der Waals surface area contributed by atoms with Gasteiger partial charge in [0, 0.05) is 36.6 Å². The lowest BCUT2D eigenvalue weighted by Gasteiger charge is -2.30. The van der Waals surface area contributed by atoms with Crippen LogP contribution >= 0.6 is 0 Å². The maximum Gasteiger partial charge on any atom is 0.258 e. The number of sulfonamides is 1. The Hall–Kier alpha value is -2.38. The van der Waals surface area contributed by atoms with E-state index in [2.05, 4.69) is 0 Å². The van der Waals surface area contributed by atoms with Gasteiger partial charge in [-0.3, -0.25) is 4.79 Å². The summed E-state index contributed by atoms with van der Waals surface area (Å²) in [6.45, 7) is 1.76. The molecule has 0 aliphatic carbocycles. The molecular formula is C21H25N3O3S. The predicted octanol–water partition coefficient (Wildman–Crippen LogP) is 3.04. The number of piperidine rings is 1. The maximum absolute atomic E-state index is 13.1. The molecule has 0 spiro atoms. The van der Waals surface area contributed by atoms with Crippen molar-refractivity contribution in [3.63, 3.8) is 0 Å². The number of carbonyl (C=O) groups excluding carboxylic acids is 1. The second-order valence-electron chi connectivity index (χ2n) is 7.39. The lowest BCUT2D eigenvalue weighted by atomic mass is 9.99. The fourth-order valence-electron chi connectivity index (χ4n) is 4.04. The van der Waals surface area contributed by atoms with Gasteiger partial charge < -0.3 is 10.6 Å². The zero-order valence-corrected chi connectivity index (χ0v) is 16.6. The van der Waals surface area contributed by atoms with E-state index in [-0.39, 0.29) is 10.8 Å². The van der Waals surface area contributed by atoms with Crippen LogP contribution in [0.15, 0.2) is 47.4 Å². The largest absolute Gasteiger partial charge is 0.398 e. The van der Waals surface area contributed by atoms with Crippen LogP contribution in [0.5, 0.6) is 0 Å². The summed E-state index contributed by atoms with van der Waals surface area (Å²) >= 11 is 0. The van der Waals surface area contributed by atoms with Crippen molar-refractivity contribution in [1.29, 1.82) is 0 Å². The fourth-order valence-corrected chi connectivity index (χ4v) is 5.56. The van der Waals surface area contributed by atoms with E-state index in [1.54, 1.807) is 29.2 Å². The zero-order valence-electron chi connectivity index (χ0n) is 15.8. The summed E-state index contributed by atoms with van der Waals surface area (Å²) in [5.74, 6) is -0.131. The van der Waals surface area contributed by atoms with Gasteiger partial charge in [0.25, 0.3) is 5.91 Å². The third-order valence-corrected chi connectivity index (χ3v) is 7.50. The molecule has 1 fully saturated rings. The van der Waals surface area contributed by atoms with E-state index in [1.807, 2.05) is 18.2 Å². The molecule has 2 aliphatic rings. The van der Waals surface area contributed by atoms with E-state index in [1.165, 1.54) is 4.31 Å². The minimum atomic E-state index is -3.49. The molecule has 0 bridgehead atoms. The third-order valence-electron chi connectivity index (χ3n) is 5.59. The van der Waals surface area contributed by atoms with Crippen molar-refractivity contribution in [2.75, 3.05) is 30.3 Å². The van der Waals surface area contributed by atoms with Gasteiger partial charge in [-0.2, -0.15) is 4.31 Å². The topological polar surface area (TPSA) is 83.7 Å². The molecule has 2 aliphatic heterocycles. The number of hydrogen-bond acceptors (Lipinski definition) is 4. The van der Waals surface area contributed by atoms with Crippen LogP contribution in [-0.4, -0.2) is 38.3 Å². The highest BCUT2D eigenvalue weighted by atomic mass is 32.2. The van der Waals surface area contributed by atoms with E-state index in [4.69, 9.17) is 5.73 Å². The smallest absolute Gasteiger partial charge is 0.258 e. The molecule has 1 amide bonds. The first-order chi connectivity index (χ1) is 13.5. The molecule has 0 unspecified atom stereocenters. The molecule has 2 N–H and O–H groups in total. The Kier molecular flexibility index (Phi) is 5.12. The van der Waals surface area contributed by atoms with Crippen molar-refractivity contribution in [3.8, 4) is 0 Å². The summed E-state index contributed by atoms with van der Waals surface area (Å²) < 4.78 is 27.1. The number of benzene rings is 2. The van der Waals surface area contributed by atoms with Crippen molar-refractivity contribution in [1.82, 2.24) is 4.31 Å². The first kappa shape index (κ1) is 19.0. The molecule has 6 nitrogen and oxygen atoms in total. The molecule has 0 atom stereocenters. The van der Waals surface area contributed by atoms with Crippen LogP contribution in [0.4, 0.5) is 11.4 Å². The summed E-state index contributed by atoms with van der Waals surface area (Å²) in [7, 11) is -3.49. The molecule has 28 heavy (non-hydrogen) atoms. The number of anilines is 2. The molecule has 7 heteroatoms. The van der Waals surface area contributed by atoms with Crippen LogP contribution < -0.4 is 10.6 Å². The minimum absolute atomic E-state index is 0.131. The molecule has 1 saturated heterocycles. The third kappa shape index (κ3) is 3.40. The summed E-state index contributed by atoms with van der Waals surface area (Å²) in [5.41, 5.74) is 9.11. The van der Waals surface area contributed by atoms with Gasteiger partial charge in [-0.1, -0.05) is 12.5 Å². The van der Waals surface area contributed by atoms with Gasteiger partial charge in [-0.25, -0.2) is 8.42 Å². The summed E-state index contributed by atoms with van der Waals surface area (Å²) in [6.07, 6.45) is 4.58. The zero-order chi connectivity index (χ0) is 19.7. The Labute approximate surface area is 166 Å². The minimum Gasteiger partial charge on any atom is -0.398 e. The Balaban J connectivity index is 1.58. The number of fused-ring (bicyclic) bond motifs is 1. The molecule has 0 saturated carbocycles. The Morgan fingerprint density at radius 1 is 0.893 bits per heavy atom. The average Bonchev–Trinajstić information content (AvgIpc) is 2.74. The van der Waals surface area contributed by atoms with Crippen LogP contribution in [-0.2, 0) is 16.4 Å². The van der Waals surface area contributed by atoms with E-state index in [0.29, 0.717) is 30.9 Å². The first-order valence-corrected chi connectivity index (χ1v) is 11.2. The standard InChI is InChI=1S/C21H25N3O3S/c22-19-7-4-8-20-18(19)6-5-15-24(20)21(25)16-9-11-17(12-10-16)28(26,27)23-13-2-1-3-14-23/h4,7-12H,1-3,5-6,13-15,22H2. The number of carbonyl (C=O) groups is 1. The second-order valence-corrected chi connectivity index (χ2v) is 9.33. The van der Waals surface area contributed by atoms with E-state index in [0.717, 1.165) is 43.4 Å². The molecule has 0 aromatic heterocycles. The van der Waals surface area contributed by atoms with E-state index < -0.39 is 10.0 Å². The molecular weight excluding hydrogens is 374 g/mol. The highest BCUT2D eigenvalue weighted by Gasteiger charge is 2.27.